The van der Waals surface area contributed by atoms with E-state index in [1.54, 1.807) is 0 Å². The van der Waals surface area contributed by atoms with Gasteiger partial charge in [0.1, 0.15) is 30.3 Å². The SMILES string of the molecule is Nc1ncnc2c1ncn2[C@H]1C[C@H](OP(=O)(O)O)[C@@H](CNC(=O)CO/N=C/c2cc([N+](=O)[O-])cc([N+](=O)[O-])c2O)O1. The number of oxime groups is 1. The van der Waals surface area contributed by atoms with Gasteiger partial charge in [-0.2, -0.15) is 0 Å². The number of benzene rings is 1. The van der Waals surface area contributed by atoms with Crippen molar-refractivity contribution >= 4 is 48.3 Å². The molecule has 3 aromatic rings. The minimum Gasteiger partial charge on any atom is -0.502 e. The van der Waals surface area contributed by atoms with Gasteiger partial charge in [-0.25, -0.2) is 19.5 Å². The van der Waals surface area contributed by atoms with Crippen LogP contribution in [0.4, 0.5) is 17.2 Å². The maximum atomic E-state index is 12.2. The first-order valence-corrected chi connectivity index (χ1v) is 12.8. The largest absolute Gasteiger partial charge is 0.502 e. The number of nitro groups is 2. The molecule has 1 aliphatic heterocycles. The number of anilines is 1. The lowest BCUT2D eigenvalue weighted by atomic mass is 10.1. The van der Waals surface area contributed by atoms with Crippen molar-refractivity contribution in [3.05, 3.63) is 50.6 Å². The number of phenols is 1. The minimum atomic E-state index is -4.95. The summed E-state index contributed by atoms with van der Waals surface area (Å²) in [4.78, 5) is 67.8. The molecule has 1 aliphatic rings. The predicted molar refractivity (Wildman–Crippen MR) is 133 cm³/mol. The Labute approximate surface area is 227 Å². The number of carbonyl (C=O) groups excluding carboxylic acids is 1. The third-order valence-corrected chi connectivity index (χ3v) is 6.17. The first-order valence-electron chi connectivity index (χ1n) is 11.2. The number of hydrogen-bond acceptors (Lipinski definition) is 15. The molecular formula is C19H20N9O12P. The second-order valence-electron chi connectivity index (χ2n) is 8.31. The molecule has 218 valence electrons. The fraction of sp³-hybridized carbons (Fsp3) is 0.316. The molecule has 41 heavy (non-hydrogen) atoms. The van der Waals surface area contributed by atoms with E-state index >= 15 is 0 Å². The van der Waals surface area contributed by atoms with Crippen molar-refractivity contribution in [1.29, 1.82) is 0 Å². The molecule has 2 aromatic heterocycles. The van der Waals surface area contributed by atoms with Gasteiger partial charge in [0.05, 0.1) is 34.0 Å². The molecule has 0 aliphatic carbocycles. The molecule has 1 amide bonds. The Morgan fingerprint density at radius 2 is 2.05 bits per heavy atom. The van der Waals surface area contributed by atoms with Crippen molar-refractivity contribution in [2.24, 2.45) is 5.16 Å². The van der Waals surface area contributed by atoms with Crippen LogP contribution < -0.4 is 11.1 Å². The number of phenolic OH excluding ortho intramolecular Hbond substituents is 1. The number of phosphoric acid groups is 1. The number of ether oxygens (including phenoxy) is 1. The molecule has 0 saturated carbocycles. The van der Waals surface area contributed by atoms with Crippen LogP contribution in [0.1, 0.15) is 18.2 Å². The first kappa shape index (κ1) is 29.2. The van der Waals surface area contributed by atoms with Gasteiger partial charge >= 0.3 is 13.5 Å². The molecule has 0 spiro atoms. The van der Waals surface area contributed by atoms with Crippen molar-refractivity contribution in [1.82, 2.24) is 24.8 Å². The number of non-ortho nitro benzene ring substituents is 1. The van der Waals surface area contributed by atoms with Gasteiger partial charge in [-0.1, -0.05) is 5.16 Å². The van der Waals surface area contributed by atoms with E-state index in [1.807, 2.05) is 0 Å². The number of aromatic hydroxyl groups is 1. The summed E-state index contributed by atoms with van der Waals surface area (Å²) in [7, 11) is -4.95. The van der Waals surface area contributed by atoms with Gasteiger partial charge in [-0.15, -0.1) is 0 Å². The van der Waals surface area contributed by atoms with Gasteiger partial charge in [0.2, 0.25) is 5.75 Å². The molecule has 0 unspecified atom stereocenters. The van der Waals surface area contributed by atoms with Crippen LogP contribution in [0.15, 0.2) is 29.9 Å². The van der Waals surface area contributed by atoms with Crippen LogP contribution in [0, 0.1) is 20.2 Å². The second kappa shape index (κ2) is 11.7. The fourth-order valence-electron chi connectivity index (χ4n) is 3.85. The maximum absolute atomic E-state index is 12.2. The quantitative estimate of drug-likeness (QED) is 0.0831. The number of hydrogen-bond donors (Lipinski definition) is 5. The third-order valence-electron chi connectivity index (χ3n) is 5.62. The number of fused-ring (bicyclic) bond motifs is 1. The molecule has 4 rings (SSSR count). The minimum absolute atomic E-state index is 0.0549. The van der Waals surface area contributed by atoms with E-state index in [1.165, 1.54) is 17.2 Å². The molecule has 1 fully saturated rings. The molecule has 0 bridgehead atoms. The Morgan fingerprint density at radius 1 is 1.29 bits per heavy atom. The summed E-state index contributed by atoms with van der Waals surface area (Å²) in [5, 5.41) is 37.8. The van der Waals surface area contributed by atoms with Crippen molar-refractivity contribution in [2.45, 2.75) is 24.9 Å². The Balaban J connectivity index is 1.38. The summed E-state index contributed by atoms with van der Waals surface area (Å²) in [6.07, 6.45) is 0.193. The first-order chi connectivity index (χ1) is 19.3. The number of nitrogens with two attached hydrogens (primary N) is 1. The van der Waals surface area contributed by atoms with Crippen molar-refractivity contribution in [3.8, 4) is 5.75 Å². The number of nitro benzene ring substituents is 2. The normalized spacial score (nSPS) is 19.0. The van der Waals surface area contributed by atoms with E-state index in [0.29, 0.717) is 11.7 Å². The molecule has 6 N–H and O–H groups in total. The van der Waals surface area contributed by atoms with Gasteiger partial charge in [0.15, 0.2) is 18.1 Å². The number of nitrogens with one attached hydrogen (secondary N) is 1. The van der Waals surface area contributed by atoms with Crippen LogP contribution >= 0.6 is 7.82 Å². The van der Waals surface area contributed by atoms with Gasteiger partial charge in [-0.05, 0) is 0 Å². The molecule has 21 nitrogen and oxygen atoms in total. The lowest BCUT2D eigenvalue weighted by molar-refractivity contribution is -0.394. The van der Waals surface area contributed by atoms with Crippen LogP contribution in [0.5, 0.6) is 5.75 Å². The van der Waals surface area contributed by atoms with Gasteiger partial charge < -0.3 is 35.5 Å². The monoisotopic (exact) mass is 597 g/mol. The molecule has 1 aromatic carbocycles. The van der Waals surface area contributed by atoms with Crippen LogP contribution in [0.25, 0.3) is 11.2 Å². The molecule has 22 heteroatoms. The highest BCUT2D eigenvalue weighted by molar-refractivity contribution is 7.46. The second-order valence-corrected chi connectivity index (χ2v) is 9.50. The number of amides is 1. The molecule has 3 atom stereocenters. The average molecular weight is 597 g/mol. The van der Waals surface area contributed by atoms with E-state index in [0.717, 1.165) is 12.3 Å². The van der Waals surface area contributed by atoms with Crippen LogP contribution in [-0.4, -0.2) is 81.7 Å². The van der Waals surface area contributed by atoms with Crippen LogP contribution in [0.2, 0.25) is 0 Å². The maximum Gasteiger partial charge on any atom is 0.469 e. The lowest BCUT2D eigenvalue weighted by Gasteiger charge is -2.19. The Kier molecular flexibility index (Phi) is 8.35. The van der Waals surface area contributed by atoms with Crippen molar-refractivity contribution in [3.63, 3.8) is 0 Å². The van der Waals surface area contributed by atoms with E-state index in [2.05, 4.69) is 25.4 Å². The highest BCUT2D eigenvalue weighted by atomic mass is 31.2. The van der Waals surface area contributed by atoms with Crippen LogP contribution in [-0.2, 0) is 23.5 Å². The predicted octanol–water partition coefficient (Wildman–Crippen LogP) is -0.137. The number of nitrogens with zero attached hydrogens (tertiary/aromatic N) is 7. The number of carbonyl (C=O) groups is 1. The Morgan fingerprint density at radius 3 is 2.73 bits per heavy atom. The smallest absolute Gasteiger partial charge is 0.469 e. The summed E-state index contributed by atoms with van der Waals surface area (Å²) in [5.41, 5.74) is 4.34. The molecule has 0 radical (unpaired) electrons. The number of imidazole rings is 1. The average Bonchev–Trinajstić information content (AvgIpc) is 3.49. The fourth-order valence-corrected chi connectivity index (χ4v) is 4.42. The molecule has 1 saturated heterocycles. The summed E-state index contributed by atoms with van der Waals surface area (Å²) >= 11 is 0. The number of nitrogen functional groups attached to an aromatic ring is 1. The van der Waals surface area contributed by atoms with Gasteiger partial charge in [-0.3, -0.25) is 34.1 Å². The summed E-state index contributed by atoms with van der Waals surface area (Å²) in [6, 6.07) is 1.38. The van der Waals surface area contributed by atoms with Crippen molar-refractivity contribution < 1.29 is 48.2 Å². The van der Waals surface area contributed by atoms with E-state index in [-0.39, 0.29) is 24.3 Å². The third kappa shape index (κ3) is 6.85. The molecule has 3 heterocycles. The highest BCUT2D eigenvalue weighted by Crippen LogP contribution is 2.44. The zero-order valence-electron chi connectivity index (χ0n) is 20.4. The number of rotatable bonds is 11. The van der Waals surface area contributed by atoms with E-state index < -0.39 is 71.3 Å². The summed E-state index contributed by atoms with van der Waals surface area (Å²) < 4.78 is 23.7. The van der Waals surface area contributed by atoms with E-state index in [4.69, 9.17) is 19.8 Å². The summed E-state index contributed by atoms with van der Waals surface area (Å²) in [5.74, 6) is -1.56. The highest BCUT2D eigenvalue weighted by Gasteiger charge is 2.41. The topological polar surface area (TPSA) is 303 Å². The zero-order valence-corrected chi connectivity index (χ0v) is 21.3. The van der Waals surface area contributed by atoms with Crippen molar-refractivity contribution in [2.75, 3.05) is 18.9 Å². The zero-order chi connectivity index (χ0) is 29.9. The standard InChI is InChI=1S/C19H20N9O12P/c20-18-16-19(23-7-22-18)26(8-24-16)15-3-12(40-41(35,36)37)13(39-15)5-21-14(29)6-38-25-4-9-1-10(27(31)32)2-11(17(9)30)28(33)34/h1-2,4,7-8,12-13,15,30H,3,5-6H2,(H,21,29)(H2,20,22,23)(H2,35,36,37)/b25-4+/t12-,13+,15+/m0/s1. The molecular weight excluding hydrogens is 577 g/mol. The number of aromatic nitrogens is 4. The van der Waals surface area contributed by atoms with Gasteiger partial charge in [0.25, 0.3) is 11.6 Å². The summed E-state index contributed by atoms with van der Waals surface area (Å²) in [6.45, 7) is -0.995. The Hall–Kier alpha value is -4.82. The lowest BCUT2D eigenvalue weighted by Crippen LogP contribution is -2.39. The Bertz CT molecular complexity index is 1570. The van der Waals surface area contributed by atoms with Gasteiger partial charge in [0, 0.05) is 19.0 Å². The van der Waals surface area contributed by atoms with Crippen LogP contribution in [0.3, 0.4) is 0 Å². The number of phosphoric ester groups is 1. The van der Waals surface area contributed by atoms with E-state index in [9.17, 15) is 44.5 Å².